The van der Waals surface area contributed by atoms with Crippen molar-refractivity contribution in [1.82, 2.24) is 14.3 Å². The van der Waals surface area contributed by atoms with Gasteiger partial charge in [-0.05, 0) is 47.5 Å². The van der Waals surface area contributed by atoms with Gasteiger partial charge in [0.05, 0.1) is 11.7 Å². The summed E-state index contributed by atoms with van der Waals surface area (Å²) in [6, 6.07) is 18.7. The van der Waals surface area contributed by atoms with Gasteiger partial charge in [-0.3, -0.25) is 14.1 Å². The van der Waals surface area contributed by atoms with E-state index in [1.54, 1.807) is 10.5 Å². The zero-order chi connectivity index (χ0) is 19.1. The lowest BCUT2D eigenvalue weighted by Crippen LogP contribution is -2.35. The van der Waals surface area contributed by atoms with Crippen LogP contribution in [0.25, 0.3) is 5.65 Å². The normalized spacial score (nSPS) is 17.0. The molecule has 0 unspecified atom stereocenters. The Labute approximate surface area is 167 Å². The number of hydrogen-bond acceptors (Lipinski definition) is 4. The van der Waals surface area contributed by atoms with Crippen molar-refractivity contribution < 1.29 is 0 Å². The second-order valence-corrected chi connectivity index (χ2v) is 8.35. The fourth-order valence-electron chi connectivity index (χ4n) is 4.11. The molecule has 5 heteroatoms. The smallest absolute Gasteiger partial charge is 0.258 e. The van der Waals surface area contributed by atoms with E-state index >= 15 is 0 Å². The summed E-state index contributed by atoms with van der Waals surface area (Å²) in [6.07, 6.45) is 2.89. The minimum atomic E-state index is -0.0202. The second kappa shape index (κ2) is 7.00. The van der Waals surface area contributed by atoms with E-state index < -0.39 is 0 Å². The Morgan fingerprint density at radius 2 is 2.00 bits per heavy atom. The molecule has 0 N–H and O–H groups in total. The second-order valence-electron chi connectivity index (χ2n) is 7.35. The van der Waals surface area contributed by atoms with Gasteiger partial charge in [0.2, 0.25) is 0 Å². The van der Waals surface area contributed by atoms with Crippen molar-refractivity contribution in [3.8, 4) is 0 Å². The Morgan fingerprint density at radius 3 is 2.86 bits per heavy atom. The average molecular weight is 388 g/mol. The number of nitrogens with zero attached hydrogens (tertiary/aromatic N) is 3. The predicted molar refractivity (Wildman–Crippen MR) is 113 cm³/mol. The highest BCUT2D eigenvalue weighted by atomic mass is 32.1. The Hall–Kier alpha value is -2.76. The van der Waals surface area contributed by atoms with Crippen LogP contribution in [0.1, 0.15) is 33.3 Å². The molecule has 0 aliphatic carbocycles. The number of thiophene rings is 1. The predicted octanol–water partition coefficient (Wildman–Crippen LogP) is 4.21. The van der Waals surface area contributed by atoms with Crippen molar-refractivity contribution >= 4 is 17.0 Å². The highest BCUT2D eigenvalue weighted by molar-refractivity contribution is 7.10. The minimum Gasteiger partial charge on any atom is -0.286 e. The number of pyridine rings is 1. The van der Waals surface area contributed by atoms with Crippen LogP contribution in [0.15, 0.2) is 71.0 Å². The van der Waals surface area contributed by atoms with Crippen LogP contribution in [0.3, 0.4) is 0 Å². The van der Waals surface area contributed by atoms with E-state index in [2.05, 4.69) is 46.7 Å². The first kappa shape index (κ1) is 17.3. The number of fused-ring (bicyclic) bond motifs is 2. The van der Waals surface area contributed by atoms with Crippen LogP contribution in [0.4, 0.5) is 0 Å². The van der Waals surface area contributed by atoms with E-state index in [0.717, 1.165) is 24.2 Å². The first-order valence-corrected chi connectivity index (χ1v) is 10.4. The molecule has 1 atom stereocenters. The average Bonchev–Trinajstić information content (AvgIpc) is 3.18. The molecule has 1 aromatic carbocycles. The lowest BCUT2D eigenvalue weighted by atomic mass is 9.93. The molecule has 0 amide bonds. The van der Waals surface area contributed by atoms with E-state index in [9.17, 15) is 4.79 Å². The van der Waals surface area contributed by atoms with Gasteiger partial charge >= 0.3 is 0 Å². The zero-order valence-corrected chi connectivity index (χ0v) is 16.5. The van der Waals surface area contributed by atoms with Gasteiger partial charge in [-0.25, -0.2) is 4.98 Å². The van der Waals surface area contributed by atoms with E-state index in [0.29, 0.717) is 12.2 Å². The third-order valence-electron chi connectivity index (χ3n) is 5.41. The summed E-state index contributed by atoms with van der Waals surface area (Å²) in [5.41, 5.74) is 5.24. The lowest BCUT2D eigenvalue weighted by Gasteiger charge is -2.36. The molecular weight excluding hydrogens is 366 g/mol. The SMILES string of the molecule is Cc1ccc2nc(CN3CCc4sccc4[C@H]3c3ccccc3)cc(=O)n2c1. The van der Waals surface area contributed by atoms with Gasteiger partial charge in [-0.15, -0.1) is 11.3 Å². The Morgan fingerprint density at radius 1 is 1.14 bits per heavy atom. The van der Waals surface area contributed by atoms with Gasteiger partial charge in [0.15, 0.2) is 0 Å². The van der Waals surface area contributed by atoms with Gasteiger partial charge < -0.3 is 0 Å². The van der Waals surface area contributed by atoms with Gasteiger partial charge in [0, 0.05) is 30.2 Å². The molecule has 0 radical (unpaired) electrons. The van der Waals surface area contributed by atoms with Crippen molar-refractivity contribution in [3.63, 3.8) is 0 Å². The number of benzene rings is 1. The molecular formula is C23H21N3OS. The van der Waals surface area contributed by atoms with Gasteiger partial charge in [-0.1, -0.05) is 36.4 Å². The quantitative estimate of drug-likeness (QED) is 0.528. The van der Waals surface area contributed by atoms with Crippen LogP contribution in [0.2, 0.25) is 0 Å². The van der Waals surface area contributed by atoms with Crippen molar-refractivity contribution in [3.05, 3.63) is 104 Å². The number of aryl methyl sites for hydroxylation is 1. The summed E-state index contributed by atoms with van der Waals surface area (Å²) in [4.78, 5) is 21.3. The van der Waals surface area contributed by atoms with Gasteiger partial charge in [-0.2, -0.15) is 0 Å². The fourth-order valence-corrected chi connectivity index (χ4v) is 5.02. The maximum absolute atomic E-state index is 12.6. The summed E-state index contributed by atoms with van der Waals surface area (Å²) < 4.78 is 1.63. The first-order chi connectivity index (χ1) is 13.7. The van der Waals surface area contributed by atoms with Crippen molar-refractivity contribution in [2.24, 2.45) is 0 Å². The van der Waals surface area contributed by atoms with E-state index in [1.165, 1.54) is 16.0 Å². The Balaban J connectivity index is 1.54. The minimum absolute atomic E-state index is 0.0202. The molecule has 4 aromatic rings. The highest BCUT2D eigenvalue weighted by Gasteiger charge is 2.29. The zero-order valence-electron chi connectivity index (χ0n) is 15.7. The van der Waals surface area contributed by atoms with E-state index in [-0.39, 0.29) is 11.6 Å². The van der Waals surface area contributed by atoms with Gasteiger partial charge in [0.1, 0.15) is 5.65 Å². The molecule has 5 rings (SSSR count). The van der Waals surface area contributed by atoms with Crippen molar-refractivity contribution in [2.45, 2.75) is 25.9 Å². The highest BCUT2D eigenvalue weighted by Crippen LogP contribution is 2.38. The molecule has 1 aliphatic rings. The molecule has 4 nitrogen and oxygen atoms in total. The van der Waals surface area contributed by atoms with Crippen LogP contribution in [-0.4, -0.2) is 20.8 Å². The summed E-state index contributed by atoms with van der Waals surface area (Å²) >= 11 is 1.84. The van der Waals surface area contributed by atoms with Crippen molar-refractivity contribution in [1.29, 1.82) is 0 Å². The molecule has 0 saturated heterocycles. The molecule has 0 spiro atoms. The molecule has 4 heterocycles. The molecule has 1 aliphatic heterocycles. The van der Waals surface area contributed by atoms with E-state index in [1.807, 2.05) is 36.6 Å². The third kappa shape index (κ3) is 3.07. The molecule has 28 heavy (non-hydrogen) atoms. The first-order valence-electron chi connectivity index (χ1n) is 9.53. The molecule has 3 aromatic heterocycles. The summed E-state index contributed by atoms with van der Waals surface area (Å²) in [5, 5.41) is 2.19. The Kier molecular flexibility index (Phi) is 4.34. The standard InChI is InChI=1S/C23H21N3OS/c1-16-7-8-21-24-18(13-22(27)26(21)14-16)15-25-11-9-20-19(10-12-28-20)23(25)17-5-3-2-4-6-17/h2-8,10,12-14,23H,9,11,15H2,1H3/t23-/m1/s1. The Bertz CT molecular complexity index is 1200. The summed E-state index contributed by atoms with van der Waals surface area (Å²) in [7, 11) is 0. The maximum atomic E-state index is 12.6. The van der Waals surface area contributed by atoms with Crippen LogP contribution in [0, 0.1) is 6.92 Å². The number of hydrogen-bond donors (Lipinski definition) is 0. The van der Waals surface area contributed by atoms with Crippen molar-refractivity contribution in [2.75, 3.05) is 6.54 Å². The molecule has 0 saturated carbocycles. The number of rotatable bonds is 3. The van der Waals surface area contributed by atoms with Crippen LogP contribution < -0.4 is 5.56 Å². The summed E-state index contributed by atoms with van der Waals surface area (Å²) in [6.45, 7) is 3.60. The van der Waals surface area contributed by atoms with E-state index in [4.69, 9.17) is 4.98 Å². The lowest BCUT2D eigenvalue weighted by molar-refractivity contribution is 0.204. The van der Waals surface area contributed by atoms with Crippen LogP contribution >= 0.6 is 11.3 Å². The fraction of sp³-hybridized carbons (Fsp3) is 0.217. The largest absolute Gasteiger partial charge is 0.286 e. The topological polar surface area (TPSA) is 37.6 Å². The van der Waals surface area contributed by atoms with Gasteiger partial charge in [0.25, 0.3) is 5.56 Å². The number of aromatic nitrogens is 2. The molecule has 0 fully saturated rings. The summed E-state index contributed by atoms with van der Waals surface area (Å²) in [5.74, 6) is 0. The molecule has 140 valence electrons. The maximum Gasteiger partial charge on any atom is 0.258 e. The molecule has 0 bridgehead atoms. The monoisotopic (exact) mass is 387 g/mol. The van der Waals surface area contributed by atoms with Crippen LogP contribution in [0.5, 0.6) is 0 Å². The third-order valence-corrected chi connectivity index (χ3v) is 6.40. The van der Waals surface area contributed by atoms with Crippen LogP contribution in [-0.2, 0) is 13.0 Å².